The van der Waals surface area contributed by atoms with Crippen molar-refractivity contribution in [2.75, 3.05) is 0 Å². The van der Waals surface area contributed by atoms with Gasteiger partial charge in [-0.05, 0) is 38.2 Å². The lowest BCUT2D eigenvalue weighted by molar-refractivity contribution is 0.367. The van der Waals surface area contributed by atoms with Gasteiger partial charge in [0.1, 0.15) is 0 Å². The van der Waals surface area contributed by atoms with Crippen LogP contribution in [0.1, 0.15) is 65.1 Å². The molecule has 0 aliphatic heterocycles. The summed E-state index contributed by atoms with van der Waals surface area (Å²) < 4.78 is 2.20. The first-order valence-corrected chi connectivity index (χ1v) is 7.86. The Morgan fingerprint density at radius 1 is 1.26 bits per heavy atom. The van der Waals surface area contributed by atoms with Gasteiger partial charge in [-0.15, -0.1) is 0 Å². The molecule has 108 valence electrons. The van der Waals surface area contributed by atoms with Crippen LogP contribution in [0.5, 0.6) is 0 Å². The summed E-state index contributed by atoms with van der Waals surface area (Å²) in [4.78, 5) is 0. The van der Waals surface area contributed by atoms with Gasteiger partial charge >= 0.3 is 0 Å². The van der Waals surface area contributed by atoms with Gasteiger partial charge < -0.3 is 5.32 Å². The van der Waals surface area contributed by atoms with Crippen molar-refractivity contribution in [2.24, 2.45) is 5.92 Å². The molecular formula is C16H29N3. The molecule has 1 heterocycles. The standard InChI is InChI=1S/C16H29N3/c1-12(2)17-14(4)13(3)11-15-9-10-19(18-15)16-7-5-6-8-16/h9-10,12-14,16-17H,5-8,11H2,1-4H3. The molecule has 3 heteroatoms. The highest BCUT2D eigenvalue weighted by Crippen LogP contribution is 2.28. The van der Waals surface area contributed by atoms with E-state index in [1.807, 2.05) is 0 Å². The van der Waals surface area contributed by atoms with Crippen LogP contribution in [0.15, 0.2) is 12.3 Å². The van der Waals surface area contributed by atoms with Crippen LogP contribution in [0.25, 0.3) is 0 Å². The molecule has 2 atom stereocenters. The second-order valence-electron chi connectivity index (χ2n) is 6.52. The number of hydrogen-bond acceptors (Lipinski definition) is 2. The fraction of sp³-hybridized carbons (Fsp3) is 0.812. The maximum absolute atomic E-state index is 4.78. The fourth-order valence-electron chi connectivity index (χ4n) is 3.06. The molecule has 1 fully saturated rings. The van der Waals surface area contributed by atoms with Gasteiger partial charge in [-0.1, -0.05) is 33.6 Å². The number of aromatic nitrogens is 2. The Bertz CT molecular complexity index is 377. The summed E-state index contributed by atoms with van der Waals surface area (Å²) in [5.41, 5.74) is 1.25. The zero-order valence-corrected chi connectivity index (χ0v) is 12.9. The molecule has 0 spiro atoms. The van der Waals surface area contributed by atoms with E-state index < -0.39 is 0 Å². The van der Waals surface area contributed by atoms with Gasteiger partial charge in [0.05, 0.1) is 11.7 Å². The van der Waals surface area contributed by atoms with E-state index in [1.165, 1.54) is 31.4 Å². The normalized spacial score (nSPS) is 20.1. The van der Waals surface area contributed by atoms with Crippen LogP contribution in [-0.2, 0) is 6.42 Å². The largest absolute Gasteiger partial charge is 0.312 e. The molecule has 1 aromatic heterocycles. The number of nitrogens with one attached hydrogen (secondary N) is 1. The second-order valence-corrected chi connectivity index (χ2v) is 6.52. The van der Waals surface area contributed by atoms with E-state index in [4.69, 9.17) is 5.10 Å². The third kappa shape index (κ3) is 4.07. The van der Waals surface area contributed by atoms with E-state index in [1.54, 1.807) is 0 Å². The average molecular weight is 263 g/mol. The highest BCUT2D eigenvalue weighted by atomic mass is 15.3. The molecule has 19 heavy (non-hydrogen) atoms. The van der Waals surface area contributed by atoms with Crippen molar-refractivity contribution in [1.29, 1.82) is 0 Å². The van der Waals surface area contributed by atoms with E-state index in [9.17, 15) is 0 Å². The molecule has 1 aromatic rings. The van der Waals surface area contributed by atoms with Crippen LogP contribution < -0.4 is 5.32 Å². The Labute approximate surface area is 117 Å². The highest BCUT2D eigenvalue weighted by molar-refractivity contribution is 5.02. The van der Waals surface area contributed by atoms with Crippen LogP contribution in [0.3, 0.4) is 0 Å². The van der Waals surface area contributed by atoms with Gasteiger partial charge in [0, 0.05) is 18.3 Å². The van der Waals surface area contributed by atoms with Crippen LogP contribution in [-0.4, -0.2) is 21.9 Å². The van der Waals surface area contributed by atoms with Crippen molar-refractivity contribution in [3.8, 4) is 0 Å². The molecule has 0 saturated heterocycles. The lowest BCUT2D eigenvalue weighted by Crippen LogP contribution is -2.37. The smallest absolute Gasteiger partial charge is 0.0627 e. The van der Waals surface area contributed by atoms with E-state index in [2.05, 4.69) is 50.0 Å². The molecule has 1 N–H and O–H groups in total. The van der Waals surface area contributed by atoms with Crippen molar-refractivity contribution < 1.29 is 0 Å². The zero-order valence-electron chi connectivity index (χ0n) is 12.9. The number of rotatable bonds is 6. The van der Waals surface area contributed by atoms with Crippen LogP contribution in [0.2, 0.25) is 0 Å². The summed E-state index contributed by atoms with van der Waals surface area (Å²) in [7, 11) is 0. The summed E-state index contributed by atoms with van der Waals surface area (Å²) in [5, 5.41) is 8.37. The lowest BCUT2D eigenvalue weighted by atomic mass is 9.97. The first kappa shape index (κ1) is 14.6. The van der Waals surface area contributed by atoms with Crippen molar-refractivity contribution in [3.63, 3.8) is 0 Å². The van der Waals surface area contributed by atoms with E-state index in [0.717, 1.165) is 6.42 Å². The van der Waals surface area contributed by atoms with E-state index in [-0.39, 0.29) is 0 Å². The first-order valence-electron chi connectivity index (χ1n) is 7.86. The Balaban J connectivity index is 1.88. The first-order chi connectivity index (χ1) is 9.06. The van der Waals surface area contributed by atoms with Crippen LogP contribution >= 0.6 is 0 Å². The quantitative estimate of drug-likeness (QED) is 0.850. The fourth-order valence-corrected chi connectivity index (χ4v) is 3.06. The van der Waals surface area contributed by atoms with Crippen LogP contribution in [0.4, 0.5) is 0 Å². The van der Waals surface area contributed by atoms with Crippen LogP contribution in [0, 0.1) is 5.92 Å². The molecule has 0 bridgehead atoms. The Morgan fingerprint density at radius 3 is 2.58 bits per heavy atom. The summed E-state index contributed by atoms with van der Waals surface area (Å²) in [5.74, 6) is 0.620. The molecule has 1 aliphatic rings. The predicted octanol–water partition coefficient (Wildman–Crippen LogP) is 3.56. The number of nitrogens with zero attached hydrogens (tertiary/aromatic N) is 2. The van der Waals surface area contributed by atoms with Crippen molar-refractivity contribution in [3.05, 3.63) is 18.0 Å². The minimum atomic E-state index is 0.539. The molecular weight excluding hydrogens is 234 g/mol. The predicted molar refractivity (Wildman–Crippen MR) is 80.3 cm³/mol. The molecule has 3 nitrogen and oxygen atoms in total. The third-order valence-corrected chi connectivity index (χ3v) is 4.34. The minimum Gasteiger partial charge on any atom is -0.312 e. The molecule has 1 aliphatic carbocycles. The van der Waals surface area contributed by atoms with Crippen molar-refractivity contribution >= 4 is 0 Å². The number of hydrogen-bond donors (Lipinski definition) is 1. The molecule has 1 saturated carbocycles. The molecule has 0 radical (unpaired) electrons. The van der Waals surface area contributed by atoms with Gasteiger partial charge in [0.15, 0.2) is 0 Å². The Kier molecular flexibility index (Phi) is 5.03. The summed E-state index contributed by atoms with van der Waals surface area (Å²) in [6.07, 6.45) is 8.60. The SMILES string of the molecule is CC(C)NC(C)C(C)Cc1ccn(C2CCCC2)n1. The van der Waals surface area contributed by atoms with E-state index >= 15 is 0 Å². The summed E-state index contributed by atoms with van der Waals surface area (Å²) in [6.45, 7) is 9.00. The Morgan fingerprint density at radius 2 is 1.95 bits per heavy atom. The van der Waals surface area contributed by atoms with Gasteiger partial charge in [-0.25, -0.2) is 0 Å². The summed E-state index contributed by atoms with van der Waals surface area (Å²) >= 11 is 0. The molecule has 0 amide bonds. The monoisotopic (exact) mass is 263 g/mol. The average Bonchev–Trinajstić information content (AvgIpc) is 2.96. The lowest BCUT2D eigenvalue weighted by Gasteiger charge is -2.23. The third-order valence-electron chi connectivity index (χ3n) is 4.34. The molecule has 2 unspecified atom stereocenters. The van der Waals surface area contributed by atoms with Gasteiger partial charge in [0.25, 0.3) is 0 Å². The maximum atomic E-state index is 4.78. The van der Waals surface area contributed by atoms with Crippen molar-refractivity contribution in [2.45, 2.75) is 77.9 Å². The van der Waals surface area contributed by atoms with Gasteiger partial charge in [0.2, 0.25) is 0 Å². The summed E-state index contributed by atoms with van der Waals surface area (Å²) in [6, 6.07) is 3.96. The molecule has 0 aromatic carbocycles. The second kappa shape index (κ2) is 6.56. The molecule has 2 rings (SSSR count). The van der Waals surface area contributed by atoms with Gasteiger partial charge in [-0.2, -0.15) is 5.10 Å². The van der Waals surface area contributed by atoms with E-state index in [0.29, 0.717) is 24.0 Å². The maximum Gasteiger partial charge on any atom is 0.0627 e. The topological polar surface area (TPSA) is 29.9 Å². The minimum absolute atomic E-state index is 0.539. The zero-order chi connectivity index (χ0) is 13.8. The van der Waals surface area contributed by atoms with Gasteiger partial charge in [-0.3, -0.25) is 4.68 Å². The highest BCUT2D eigenvalue weighted by Gasteiger charge is 2.19. The Hall–Kier alpha value is -0.830. The van der Waals surface area contributed by atoms with Crippen molar-refractivity contribution in [1.82, 2.24) is 15.1 Å².